The van der Waals surface area contributed by atoms with Crippen LogP contribution in [0.5, 0.6) is 0 Å². The molecule has 12 heavy (non-hydrogen) atoms. The van der Waals surface area contributed by atoms with Crippen LogP contribution in [0.3, 0.4) is 0 Å². The van der Waals surface area contributed by atoms with Crippen LogP contribution in [0.4, 0.5) is 0 Å². The highest BCUT2D eigenvalue weighted by Gasteiger charge is 2.23. The molecule has 0 heterocycles. The number of carbonyl (C=O) groups excluding carboxylic acids is 1. The summed E-state index contributed by atoms with van der Waals surface area (Å²) in [6, 6.07) is 0. The van der Waals surface area contributed by atoms with Gasteiger partial charge in [-0.15, -0.1) is 0 Å². The predicted octanol–water partition coefficient (Wildman–Crippen LogP) is -2.08. The number of hydrogen-bond donors (Lipinski definition) is 1. The van der Waals surface area contributed by atoms with Gasteiger partial charge in [-0.2, -0.15) is 0 Å². The molecule has 0 saturated carbocycles. The summed E-state index contributed by atoms with van der Waals surface area (Å²) in [6.07, 6.45) is 0.618. The van der Waals surface area contributed by atoms with Gasteiger partial charge in [0.2, 0.25) is 0 Å². The van der Waals surface area contributed by atoms with Crippen LogP contribution in [0.1, 0.15) is 13.3 Å². The molecule has 0 rings (SSSR count). The summed E-state index contributed by atoms with van der Waals surface area (Å²) >= 11 is 0. The lowest BCUT2D eigenvalue weighted by atomic mass is 10.1. The molecule has 0 spiro atoms. The Morgan fingerprint density at radius 2 is 2.00 bits per heavy atom. The summed E-state index contributed by atoms with van der Waals surface area (Å²) in [5, 5.41) is 19.2. The van der Waals surface area contributed by atoms with Gasteiger partial charge < -0.3 is 15.0 Å². The van der Waals surface area contributed by atoms with E-state index in [1.165, 1.54) is 0 Å². The van der Waals surface area contributed by atoms with E-state index >= 15 is 0 Å². The van der Waals surface area contributed by atoms with E-state index in [1.807, 2.05) is 0 Å². The van der Waals surface area contributed by atoms with Gasteiger partial charge in [0, 0.05) is 6.26 Å². The van der Waals surface area contributed by atoms with Gasteiger partial charge in [-0.25, -0.2) is 8.42 Å². The molecular weight excluding hydrogens is 184 g/mol. The summed E-state index contributed by atoms with van der Waals surface area (Å²) < 4.78 is 21.2. The number of carboxylic acid groups (broad SMARTS) is 1. The van der Waals surface area contributed by atoms with Crippen LogP contribution >= 0.6 is 0 Å². The van der Waals surface area contributed by atoms with Crippen LogP contribution in [0.25, 0.3) is 0 Å². The van der Waals surface area contributed by atoms with Crippen molar-refractivity contribution >= 4 is 15.8 Å². The zero-order valence-electron chi connectivity index (χ0n) is 6.90. The zero-order valence-corrected chi connectivity index (χ0v) is 7.72. The molecule has 0 amide bonds. The van der Waals surface area contributed by atoms with E-state index in [2.05, 4.69) is 0 Å². The molecule has 1 atom stereocenters. The number of rotatable bonds is 4. The summed E-state index contributed by atoms with van der Waals surface area (Å²) in [7, 11) is -3.24. The molecule has 0 bridgehead atoms. The highest BCUT2D eigenvalue weighted by Crippen LogP contribution is 2.08. The standard InChI is InChI=1S/C6H12O5S/c1-6(9,5(7)8)3-4-12(2,10)11/h9H,3-4H2,1-2H3,(H,7,8)/p-1. The topological polar surface area (TPSA) is 94.5 Å². The van der Waals surface area contributed by atoms with Crippen LogP contribution in [0, 0.1) is 0 Å². The van der Waals surface area contributed by atoms with Crippen molar-refractivity contribution in [2.45, 2.75) is 18.9 Å². The van der Waals surface area contributed by atoms with Crippen molar-refractivity contribution in [3.05, 3.63) is 0 Å². The number of aliphatic hydroxyl groups is 1. The SMILES string of the molecule is CC(O)(CCS(C)(=O)=O)C(=O)[O-]. The second-order valence-electron chi connectivity index (χ2n) is 2.94. The van der Waals surface area contributed by atoms with Crippen molar-refractivity contribution in [1.29, 1.82) is 0 Å². The van der Waals surface area contributed by atoms with Crippen LogP contribution in [-0.4, -0.2) is 37.1 Å². The van der Waals surface area contributed by atoms with E-state index in [0.29, 0.717) is 0 Å². The number of hydrogen-bond acceptors (Lipinski definition) is 5. The Morgan fingerprint density at radius 1 is 1.58 bits per heavy atom. The van der Waals surface area contributed by atoms with Crippen molar-refractivity contribution < 1.29 is 23.4 Å². The minimum Gasteiger partial charge on any atom is -0.547 e. The third-order valence-corrected chi connectivity index (χ3v) is 2.35. The van der Waals surface area contributed by atoms with E-state index in [1.54, 1.807) is 0 Å². The number of carboxylic acids is 1. The highest BCUT2D eigenvalue weighted by molar-refractivity contribution is 7.90. The summed E-state index contributed by atoms with van der Waals surface area (Å²) in [5.74, 6) is -2.03. The van der Waals surface area contributed by atoms with Gasteiger partial charge in [-0.1, -0.05) is 0 Å². The van der Waals surface area contributed by atoms with Crippen LogP contribution < -0.4 is 5.11 Å². The maximum atomic E-state index is 10.6. The molecular formula is C6H11O5S-. The van der Waals surface area contributed by atoms with Crippen molar-refractivity contribution in [2.24, 2.45) is 0 Å². The lowest BCUT2D eigenvalue weighted by Gasteiger charge is -2.23. The Morgan fingerprint density at radius 3 is 2.25 bits per heavy atom. The minimum absolute atomic E-state index is 0.353. The van der Waals surface area contributed by atoms with Gasteiger partial charge in [0.25, 0.3) is 0 Å². The summed E-state index contributed by atoms with van der Waals surface area (Å²) in [4.78, 5) is 10.2. The van der Waals surface area contributed by atoms with Gasteiger partial charge in [-0.3, -0.25) is 0 Å². The van der Waals surface area contributed by atoms with E-state index in [4.69, 9.17) is 5.11 Å². The molecule has 0 aromatic carbocycles. The number of aliphatic carboxylic acids is 1. The van der Waals surface area contributed by atoms with Crippen LogP contribution in [0.15, 0.2) is 0 Å². The molecule has 0 radical (unpaired) electrons. The lowest BCUT2D eigenvalue weighted by Crippen LogP contribution is -2.46. The maximum absolute atomic E-state index is 10.6. The first-order valence-electron chi connectivity index (χ1n) is 3.27. The van der Waals surface area contributed by atoms with Crippen LogP contribution in [0.2, 0.25) is 0 Å². The van der Waals surface area contributed by atoms with Gasteiger partial charge in [0.15, 0.2) is 0 Å². The fourth-order valence-corrected chi connectivity index (χ4v) is 1.25. The second-order valence-corrected chi connectivity index (χ2v) is 5.20. The molecule has 6 heteroatoms. The number of sulfone groups is 1. The molecule has 5 nitrogen and oxygen atoms in total. The first-order chi connectivity index (χ1) is 5.15. The quantitative estimate of drug-likeness (QED) is 0.555. The van der Waals surface area contributed by atoms with Crippen molar-refractivity contribution in [2.75, 3.05) is 12.0 Å². The Balaban J connectivity index is 4.20. The minimum atomic E-state index is -3.24. The van der Waals surface area contributed by atoms with E-state index in [0.717, 1.165) is 13.2 Å². The van der Waals surface area contributed by atoms with Gasteiger partial charge in [0.1, 0.15) is 15.4 Å². The molecule has 1 unspecified atom stereocenters. The molecule has 0 aromatic rings. The second kappa shape index (κ2) is 3.40. The first kappa shape index (κ1) is 11.4. The van der Waals surface area contributed by atoms with Crippen LogP contribution in [-0.2, 0) is 14.6 Å². The molecule has 0 aromatic heterocycles. The summed E-state index contributed by atoms with van der Waals surface area (Å²) in [5.41, 5.74) is -2.07. The summed E-state index contributed by atoms with van der Waals surface area (Å²) in [6.45, 7) is 1.01. The molecule has 0 saturated heterocycles. The first-order valence-corrected chi connectivity index (χ1v) is 5.33. The van der Waals surface area contributed by atoms with E-state index < -0.39 is 21.4 Å². The molecule has 0 fully saturated rings. The van der Waals surface area contributed by atoms with Gasteiger partial charge in [0.05, 0.1) is 11.7 Å². The smallest absolute Gasteiger partial charge is 0.147 e. The average molecular weight is 195 g/mol. The predicted molar refractivity (Wildman–Crippen MR) is 40.0 cm³/mol. The molecule has 0 aliphatic rings. The molecule has 1 N–H and O–H groups in total. The fourth-order valence-electron chi connectivity index (χ4n) is 0.486. The molecule has 0 aliphatic heterocycles. The Kier molecular flexibility index (Phi) is 3.23. The van der Waals surface area contributed by atoms with Crippen molar-refractivity contribution in [3.63, 3.8) is 0 Å². The number of carbonyl (C=O) groups is 1. The van der Waals surface area contributed by atoms with Crippen molar-refractivity contribution in [3.8, 4) is 0 Å². The van der Waals surface area contributed by atoms with E-state index in [9.17, 15) is 18.3 Å². The van der Waals surface area contributed by atoms with Gasteiger partial charge >= 0.3 is 0 Å². The zero-order chi connectivity index (χ0) is 9.99. The normalized spacial score (nSPS) is 16.9. The Bertz CT molecular complexity index is 264. The Hall–Kier alpha value is -0.620. The largest absolute Gasteiger partial charge is 0.547 e. The molecule has 0 aliphatic carbocycles. The Labute approximate surface area is 70.9 Å². The fraction of sp³-hybridized carbons (Fsp3) is 0.833. The average Bonchev–Trinajstić information content (AvgIpc) is 1.82. The maximum Gasteiger partial charge on any atom is 0.147 e. The third-order valence-electron chi connectivity index (χ3n) is 1.40. The van der Waals surface area contributed by atoms with E-state index in [-0.39, 0.29) is 12.2 Å². The third kappa shape index (κ3) is 4.30. The lowest BCUT2D eigenvalue weighted by molar-refractivity contribution is -0.323. The highest BCUT2D eigenvalue weighted by atomic mass is 32.2. The molecule has 72 valence electrons. The van der Waals surface area contributed by atoms with Gasteiger partial charge in [-0.05, 0) is 13.3 Å². The monoisotopic (exact) mass is 195 g/mol. The van der Waals surface area contributed by atoms with Crippen molar-refractivity contribution in [1.82, 2.24) is 0 Å².